The molecule has 0 aromatic heterocycles. The Balaban J connectivity index is -0.00000000500. The normalized spacial score (nSPS) is 2.00. The van der Waals surface area contributed by atoms with Crippen molar-refractivity contribution in [3.63, 3.8) is 0 Å². The van der Waals surface area contributed by atoms with Crippen LogP contribution in [0.4, 0.5) is 0 Å². The molecule has 0 unspecified atom stereocenters. The molecule has 0 N–H and O–H groups in total. The summed E-state index contributed by atoms with van der Waals surface area (Å²) in [5.41, 5.74) is 0. The first-order valence-corrected chi connectivity index (χ1v) is 9.00. The Hall–Kier alpha value is 1.79. The molecule has 0 nitrogen and oxygen atoms in total. The van der Waals surface area contributed by atoms with E-state index in [9.17, 15) is 0 Å². The van der Waals surface area contributed by atoms with Crippen LogP contribution in [0.25, 0.3) is 0 Å². The molecule has 0 aliphatic carbocycles. The Morgan fingerprint density at radius 2 is 1.25 bits per heavy atom. The van der Waals surface area contributed by atoms with Gasteiger partial charge in [-0.05, 0) is 0 Å². The minimum Gasteiger partial charge on any atom is -0.0504 e. The minimum absolute atomic E-state index is 0. The second kappa shape index (κ2) is 21.5. The van der Waals surface area contributed by atoms with E-state index in [4.69, 9.17) is 0 Å². The Bertz CT molecular complexity index is 8.00. The van der Waals surface area contributed by atoms with Gasteiger partial charge in [0.25, 0.3) is 0 Å². The molecular weight excluding hydrogens is 174 g/mol. The fraction of sp³-hybridized carbons (Fsp3) is 0. The van der Waals surface area contributed by atoms with Crippen molar-refractivity contribution in [1.82, 2.24) is 0 Å². The van der Waals surface area contributed by atoms with Crippen LogP contribution < -0.4 is 0 Å². The summed E-state index contributed by atoms with van der Waals surface area (Å²) in [4.78, 5) is 0. The Labute approximate surface area is 58.3 Å². The third kappa shape index (κ3) is 9.21. The summed E-state index contributed by atoms with van der Waals surface area (Å²) in [6.07, 6.45) is 0. The average Bonchev–Trinajstić information content (AvgIpc) is 1.00. The molecule has 0 fully saturated rings. The van der Waals surface area contributed by atoms with Gasteiger partial charge in [0.15, 0.2) is 15.6 Å². The molecule has 0 aromatic rings. The van der Waals surface area contributed by atoms with Crippen molar-refractivity contribution in [2.24, 2.45) is 0 Å². The molecule has 1 radical (unpaired) electrons. The zero-order valence-corrected chi connectivity index (χ0v) is 8.70. The van der Waals surface area contributed by atoms with E-state index in [0.29, 0.717) is 0 Å². The van der Waals surface area contributed by atoms with Gasteiger partial charge in [0.05, 0.1) is 0 Å². The van der Waals surface area contributed by atoms with Crippen molar-refractivity contribution in [1.29, 1.82) is 0 Å². The maximum Gasteiger partial charge on any atom is 0.193 e. The van der Waals surface area contributed by atoms with E-state index in [2.05, 4.69) is 0 Å². The molecule has 4 heavy (non-hydrogen) atoms. The summed E-state index contributed by atoms with van der Waals surface area (Å²) in [5.74, 6) is 0. The van der Waals surface area contributed by atoms with E-state index in [1.54, 1.807) is 0 Å². The van der Waals surface area contributed by atoms with Crippen molar-refractivity contribution in [2.45, 2.75) is 0 Å². The van der Waals surface area contributed by atoms with Gasteiger partial charge < -0.3 is 0 Å². The third-order valence-corrected chi connectivity index (χ3v) is 0. The Morgan fingerprint density at radius 3 is 1.25 bits per heavy atom. The monoisotopic (exact) mass is 179 g/mol. The summed E-state index contributed by atoms with van der Waals surface area (Å²) in [7, 11) is 1.44. The van der Waals surface area contributed by atoms with E-state index in [1.807, 2.05) is 0 Å². The molecule has 31 valence electrons. The van der Waals surface area contributed by atoms with Gasteiger partial charge in [0.1, 0.15) is 0 Å². The van der Waals surface area contributed by atoms with Crippen LogP contribution in [-0.2, 0) is 34.1 Å². The van der Waals surface area contributed by atoms with Gasteiger partial charge in [-0.2, -0.15) is 0 Å². The predicted molar refractivity (Wildman–Crippen MR) is 18.5 cm³/mol. The maximum absolute atomic E-state index is 1.44. The van der Waals surface area contributed by atoms with Gasteiger partial charge >= 0.3 is 0 Å². The number of hydrogen-bond acceptors (Lipinski definition) is 0. The molecule has 0 spiro atoms. The molecule has 0 atom stereocenters. The fourth-order valence-electron chi connectivity index (χ4n) is 0. The summed E-state index contributed by atoms with van der Waals surface area (Å²) >= 11 is 1.44. The molecule has 0 aliphatic heterocycles. The largest absolute Gasteiger partial charge is 0.193 e. The van der Waals surface area contributed by atoms with Gasteiger partial charge in [-0.15, -0.1) is 0 Å². The molecular formula is H5AlCuFeSi. The van der Waals surface area contributed by atoms with Crippen molar-refractivity contribution < 1.29 is 34.1 Å². The van der Waals surface area contributed by atoms with Gasteiger partial charge in [-0.25, -0.2) is 0 Å². The van der Waals surface area contributed by atoms with E-state index in [-0.39, 0.29) is 34.1 Å². The molecule has 0 rings (SSSR count). The molecule has 0 aromatic carbocycles. The summed E-state index contributed by atoms with van der Waals surface area (Å²) in [5, 5.41) is 0. The van der Waals surface area contributed by atoms with Gasteiger partial charge in [0.2, 0.25) is 0 Å². The first-order chi connectivity index (χ1) is 1.00. The molecule has 0 heterocycles. The van der Waals surface area contributed by atoms with Crippen LogP contribution in [0.5, 0.6) is 0 Å². The zero-order chi connectivity index (χ0) is 2.00. The minimum atomic E-state index is 0. The molecule has 0 bridgehead atoms. The van der Waals surface area contributed by atoms with E-state index < -0.39 is 0 Å². The predicted octanol–water partition coefficient (Wildman–Crippen LogP) is -2.11. The van der Waals surface area contributed by atoms with Crippen LogP contribution in [0, 0.1) is 0 Å². The number of rotatable bonds is 0. The van der Waals surface area contributed by atoms with Crippen molar-refractivity contribution >= 4 is 24.4 Å². The fourth-order valence-corrected chi connectivity index (χ4v) is 0. The van der Waals surface area contributed by atoms with Crippen LogP contribution in [0.3, 0.4) is 0 Å². The van der Waals surface area contributed by atoms with Gasteiger partial charge in [-0.1, -0.05) is 8.80 Å². The summed E-state index contributed by atoms with van der Waals surface area (Å²) < 4.78 is 0. The first-order valence-electron chi connectivity index (χ1n) is 1.00. The quantitative estimate of drug-likeness (QED) is 0.374. The van der Waals surface area contributed by atoms with Gasteiger partial charge in [0, 0.05) is 34.1 Å². The Morgan fingerprint density at radius 1 is 1.25 bits per heavy atom. The van der Waals surface area contributed by atoms with Crippen LogP contribution in [0.1, 0.15) is 0 Å². The molecule has 0 saturated heterocycles. The van der Waals surface area contributed by atoms with Crippen molar-refractivity contribution in [2.75, 3.05) is 0 Å². The third-order valence-electron chi connectivity index (χ3n) is 0. The van der Waals surface area contributed by atoms with Crippen LogP contribution in [0.2, 0.25) is 0 Å². The van der Waals surface area contributed by atoms with E-state index in [1.165, 1.54) is 24.4 Å². The second-order valence-corrected chi connectivity index (χ2v) is 0. The standard InChI is InChI=1S/Al.Cu.Fe.H3Si.2H/h;;;1H3;;. The van der Waals surface area contributed by atoms with E-state index in [0.717, 1.165) is 0 Å². The van der Waals surface area contributed by atoms with Crippen LogP contribution in [-0.4, -0.2) is 24.4 Å². The zero-order valence-electron chi connectivity index (χ0n) is 2.66. The Kier molecular flexibility index (Phi) is 91.7. The topological polar surface area (TPSA) is 0 Å². The maximum atomic E-state index is 1.44. The van der Waals surface area contributed by atoms with E-state index >= 15 is 0 Å². The molecule has 0 amide bonds. The first kappa shape index (κ1) is 17.1. The smallest absolute Gasteiger partial charge is 0.0504 e. The van der Waals surface area contributed by atoms with Crippen LogP contribution >= 0.6 is 0 Å². The van der Waals surface area contributed by atoms with Gasteiger partial charge in [-0.3, -0.25) is 0 Å². The second-order valence-electron chi connectivity index (χ2n) is 0. The molecule has 4 heteroatoms. The summed E-state index contributed by atoms with van der Waals surface area (Å²) in [6.45, 7) is 0. The van der Waals surface area contributed by atoms with Crippen LogP contribution in [0.15, 0.2) is 0 Å². The summed E-state index contributed by atoms with van der Waals surface area (Å²) in [6, 6.07) is 0. The SMILES string of the molecule is [AlH2][SiH3].[Cu].[Fe]. The number of hydrogen-bond donors (Lipinski definition) is 0. The molecule has 0 saturated carbocycles. The molecule has 0 aliphatic rings. The van der Waals surface area contributed by atoms with Crippen molar-refractivity contribution in [3.05, 3.63) is 0 Å². The van der Waals surface area contributed by atoms with Crippen molar-refractivity contribution in [3.8, 4) is 0 Å². The average molecular weight is 179 g/mol.